The molecule has 5 heteroatoms. The first-order valence-corrected chi connectivity index (χ1v) is 5.26. The van der Waals surface area contributed by atoms with E-state index in [-0.39, 0.29) is 6.04 Å². The molecule has 0 aliphatic heterocycles. The number of nitrogens with two attached hydrogens (primary N) is 1. The highest BCUT2D eigenvalue weighted by atomic mass is 79.9. The van der Waals surface area contributed by atoms with Crippen molar-refractivity contribution < 1.29 is 13.5 Å². The maximum absolute atomic E-state index is 11.9. The molecule has 1 atom stereocenters. The lowest BCUT2D eigenvalue weighted by Gasteiger charge is -2.10. The van der Waals surface area contributed by atoms with Gasteiger partial charge in [-0.05, 0) is 40.5 Å². The SMILES string of the molecule is C[C@@H](N)c1ccc(OCC(F)F)c(Br)c1. The van der Waals surface area contributed by atoms with Gasteiger partial charge >= 0.3 is 0 Å². The summed E-state index contributed by atoms with van der Waals surface area (Å²) in [4.78, 5) is 0. The quantitative estimate of drug-likeness (QED) is 0.919. The van der Waals surface area contributed by atoms with Gasteiger partial charge in [0.15, 0.2) is 0 Å². The molecule has 1 rings (SSSR count). The maximum atomic E-state index is 11.9. The van der Waals surface area contributed by atoms with E-state index in [1.165, 1.54) is 0 Å². The molecule has 0 bridgehead atoms. The summed E-state index contributed by atoms with van der Waals surface area (Å²) in [6.07, 6.45) is -2.47. The second-order valence-corrected chi connectivity index (χ2v) is 4.03. The number of alkyl halides is 2. The molecule has 0 spiro atoms. The fourth-order valence-electron chi connectivity index (χ4n) is 1.07. The Morgan fingerprint density at radius 3 is 2.60 bits per heavy atom. The maximum Gasteiger partial charge on any atom is 0.272 e. The zero-order valence-electron chi connectivity index (χ0n) is 8.21. The van der Waals surface area contributed by atoms with Gasteiger partial charge in [-0.3, -0.25) is 0 Å². The molecule has 0 aliphatic rings. The molecule has 0 unspecified atom stereocenters. The fraction of sp³-hybridized carbons (Fsp3) is 0.400. The van der Waals surface area contributed by atoms with Crippen molar-refractivity contribution in [3.8, 4) is 5.75 Å². The van der Waals surface area contributed by atoms with Crippen molar-refractivity contribution in [1.82, 2.24) is 0 Å². The number of hydrogen-bond acceptors (Lipinski definition) is 2. The van der Waals surface area contributed by atoms with E-state index in [2.05, 4.69) is 15.9 Å². The predicted octanol–water partition coefficient (Wildman–Crippen LogP) is 3.11. The van der Waals surface area contributed by atoms with Crippen molar-refractivity contribution >= 4 is 15.9 Å². The molecule has 0 amide bonds. The predicted molar refractivity (Wildman–Crippen MR) is 58.2 cm³/mol. The summed E-state index contributed by atoms with van der Waals surface area (Å²) in [7, 11) is 0. The summed E-state index contributed by atoms with van der Waals surface area (Å²) in [6.45, 7) is 1.25. The van der Waals surface area contributed by atoms with Gasteiger partial charge < -0.3 is 10.5 Å². The molecule has 0 heterocycles. The molecule has 0 saturated carbocycles. The Bertz CT molecular complexity index is 331. The van der Waals surface area contributed by atoms with E-state index in [9.17, 15) is 8.78 Å². The first kappa shape index (κ1) is 12.4. The number of hydrogen-bond donors (Lipinski definition) is 1. The molecular weight excluding hydrogens is 268 g/mol. The molecule has 1 aromatic carbocycles. The van der Waals surface area contributed by atoms with Crippen LogP contribution in [0.1, 0.15) is 18.5 Å². The Kier molecular flexibility index (Phi) is 4.47. The van der Waals surface area contributed by atoms with Gasteiger partial charge in [0.2, 0.25) is 0 Å². The van der Waals surface area contributed by atoms with Crippen LogP contribution in [0.15, 0.2) is 22.7 Å². The van der Waals surface area contributed by atoms with E-state index >= 15 is 0 Å². The molecule has 15 heavy (non-hydrogen) atoms. The summed E-state index contributed by atoms with van der Waals surface area (Å²) in [5, 5.41) is 0. The van der Waals surface area contributed by atoms with Crippen LogP contribution in [0, 0.1) is 0 Å². The highest BCUT2D eigenvalue weighted by Crippen LogP contribution is 2.28. The molecular formula is C10H12BrF2NO. The van der Waals surface area contributed by atoms with Crippen LogP contribution < -0.4 is 10.5 Å². The normalized spacial score (nSPS) is 12.9. The Morgan fingerprint density at radius 1 is 1.47 bits per heavy atom. The third-order valence-electron chi connectivity index (χ3n) is 1.85. The average molecular weight is 280 g/mol. The smallest absolute Gasteiger partial charge is 0.272 e. The molecule has 84 valence electrons. The van der Waals surface area contributed by atoms with Crippen LogP contribution in [0.2, 0.25) is 0 Å². The molecule has 0 aromatic heterocycles. The van der Waals surface area contributed by atoms with Crippen molar-refractivity contribution in [2.75, 3.05) is 6.61 Å². The van der Waals surface area contributed by atoms with Gasteiger partial charge in [0.1, 0.15) is 12.4 Å². The molecule has 0 aliphatic carbocycles. The lowest BCUT2D eigenvalue weighted by Crippen LogP contribution is -2.08. The fourth-order valence-corrected chi connectivity index (χ4v) is 1.58. The zero-order chi connectivity index (χ0) is 11.4. The van der Waals surface area contributed by atoms with Crippen molar-refractivity contribution in [3.63, 3.8) is 0 Å². The zero-order valence-corrected chi connectivity index (χ0v) is 9.80. The molecule has 0 radical (unpaired) electrons. The van der Waals surface area contributed by atoms with Gasteiger partial charge in [0, 0.05) is 6.04 Å². The molecule has 0 saturated heterocycles. The van der Waals surface area contributed by atoms with Crippen molar-refractivity contribution in [3.05, 3.63) is 28.2 Å². The minimum atomic E-state index is -2.47. The summed E-state index contributed by atoms with van der Waals surface area (Å²) >= 11 is 3.24. The second kappa shape index (κ2) is 5.42. The number of benzene rings is 1. The third kappa shape index (κ3) is 3.76. The molecule has 2 N–H and O–H groups in total. The Hall–Kier alpha value is -0.680. The summed E-state index contributed by atoms with van der Waals surface area (Å²) < 4.78 is 29.3. The van der Waals surface area contributed by atoms with Crippen molar-refractivity contribution in [1.29, 1.82) is 0 Å². The number of ether oxygens (including phenoxy) is 1. The van der Waals surface area contributed by atoms with E-state index in [4.69, 9.17) is 10.5 Å². The van der Waals surface area contributed by atoms with Gasteiger partial charge in [-0.25, -0.2) is 8.78 Å². The Balaban J connectivity index is 2.75. The van der Waals surface area contributed by atoms with Crippen LogP contribution in [0.4, 0.5) is 8.78 Å². The van der Waals surface area contributed by atoms with Crippen LogP contribution in [0.25, 0.3) is 0 Å². The van der Waals surface area contributed by atoms with Gasteiger partial charge in [-0.1, -0.05) is 6.07 Å². The summed E-state index contributed by atoms with van der Waals surface area (Å²) in [6, 6.07) is 5.07. The van der Waals surface area contributed by atoms with E-state index in [0.29, 0.717) is 10.2 Å². The van der Waals surface area contributed by atoms with E-state index < -0.39 is 13.0 Å². The van der Waals surface area contributed by atoms with Gasteiger partial charge in [-0.2, -0.15) is 0 Å². The number of rotatable bonds is 4. The van der Waals surface area contributed by atoms with E-state index in [1.807, 2.05) is 6.92 Å². The Morgan fingerprint density at radius 2 is 2.13 bits per heavy atom. The summed E-state index contributed by atoms with van der Waals surface area (Å²) in [5.74, 6) is 0.403. The van der Waals surface area contributed by atoms with Crippen LogP contribution in [-0.4, -0.2) is 13.0 Å². The topological polar surface area (TPSA) is 35.2 Å². The highest BCUT2D eigenvalue weighted by Gasteiger charge is 2.08. The standard InChI is InChI=1S/C10H12BrF2NO/c1-6(14)7-2-3-9(8(11)4-7)15-5-10(12)13/h2-4,6,10H,5,14H2,1H3/t6-/m1/s1. The Labute approximate surface area is 95.5 Å². The first-order valence-electron chi connectivity index (χ1n) is 4.46. The van der Waals surface area contributed by atoms with Crippen LogP contribution in [0.5, 0.6) is 5.75 Å². The van der Waals surface area contributed by atoms with Gasteiger partial charge in [0.05, 0.1) is 4.47 Å². The van der Waals surface area contributed by atoms with Crippen LogP contribution >= 0.6 is 15.9 Å². The van der Waals surface area contributed by atoms with Crippen molar-refractivity contribution in [2.45, 2.75) is 19.4 Å². The lowest BCUT2D eigenvalue weighted by molar-refractivity contribution is 0.0815. The first-order chi connectivity index (χ1) is 7.00. The van der Waals surface area contributed by atoms with Crippen molar-refractivity contribution in [2.24, 2.45) is 5.73 Å². The minimum Gasteiger partial charge on any atom is -0.486 e. The highest BCUT2D eigenvalue weighted by molar-refractivity contribution is 9.10. The van der Waals surface area contributed by atoms with Gasteiger partial charge in [0.25, 0.3) is 6.43 Å². The monoisotopic (exact) mass is 279 g/mol. The molecule has 2 nitrogen and oxygen atoms in total. The number of halogens is 3. The third-order valence-corrected chi connectivity index (χ3v) is 2.47. The van der Waals surface area contributed by atoms with E-state index in [1.54, 1.807) is 18.2 Å². The average Bonchev–Trinajstić information content (AvgIpc) is 2.15. The van der Waals surface area contributed by atoms with Gasteiger partial charge in [-0.15, -0.1) is 0 Å². The summed E-state index contributed by atoms with van der Waals surface area (Å²) in [5.41, 5.74) is 6.60. The largest absolute Gasteiger partial charge is 0.486 e. The molecule has 1 aromatic rings. The molecule has 0 fully saturated rings. The minimum absolute atomic E-state index is 0.0922. The van der Waals surface area contributed by atoms with E-state index in [0.717, 1.165) is 5.56 Å². The van der Waals surface area contributed by atoms with Crippen LogP contribution in [-0.2, 0) is 0 Å². The second-order valence-electron chi connectivity index (χ2n) is 3.18. The van der Waals surface area contributed by atoms with Crippen LogP contribution in [0.3, 0.4) is 0 Å². The lowest BCUT2D eigenvalue weighted by atomic mass is 10.1.